The fourth-order valence-electron chi connectivity index (χ4n) is 3.70. The first-order chi connectivity index (χ1) is 17.5. The number of aromatic nitrogens is 3. The van der Waals surface area contributed by atoms with Gasteiger partial charge in [0.25, 0.3) is 5.91 Å². The number of amides is 1. The molecule has 0 atom stereocenters. The molecule has 0 radical (unpaired) electrons. The van der Waals surface area contributed by atoms with E-state index in [0.717, 1.165) is 5.56 Å². The Morgan fingerprint density at radius 3 is 2.47 bits per heavy atom. The molecule has 1 amide bonds. The first kappa shape index (κ1) is 22.9. The summed E-state index contributed by atoms with van der Waals surface area (Å²) in [6.07, 6.45) is 3.13. The molecule has 36 heavy (non-hydrogen) atoms. The number of nitrogens with one attached hydrogen (secondary N) is 1. The molecule has 2 aromatic heterocycles. The number of aryl methyl sites for hydroxylation is 1. The van der Waals surface area contributed by atoms with E-state index in [4.69, 9.17) is 13.9 Å². The number of hydrogen-bond donors (Lipinski definition) is 1. The molecule has 5 aromatic rings. The van der Waals surface area contributed by atoms with Crippen molar-refractivity contribution in [3.05, 3.63) is 106 Å². The molecule has 0 saturated heterocycles. The summed E-state index contributed by atoms with van der Waals surface area (Å²) in [4.78, 5) is 29.6. The van der Waals surface area contributed by atoms with Crippen LogP contribution in [-0.4, -0.2) is 27.8 Å². The summed E-state index contributed by atoms with van der Waals surface area (Å²) in [5, 5.41) is 7.34. The van der Waals surface area contributed by atoms with Crippen LogP contribution in [0.3, 0.4) is 0 Å². The highest BCUT2D eigenvalue weighted by atomic mass is 16.5. The number of rotatable bonds is 7. The highest BCUT2D eigenvalue weighted by molar-refractivity contribution is 6.04. The molecule has 5 rings (SSSR count). The number of ether oxygens (including phenoxy) is 2. The maximum Gasteiger partial charge on any atom is 0.255 e. The predicted octanol–water partition coefficient (Wildman–Crippen LogP) is 4.79. The fourth-order valence-corrected chi connectivity index (χ4v) is 3.70. The summed E-state index contributed by atoms with van der Waals surface area (Å²) >= 11 is 0. The van der Waals surface area contributed by atoms with E-state index in [-0.39, 0.29) is 17.1 Å². The third-order valence-electron chi connectivity index (χ3n) is 5.58. The van der Waals surface area contributed by atoms with E-state index in [1.165, 1.54) is 6.33 Å². The minimum Gasteiger partial charge on any atom is -0.497 e. The van der Waals surface area contributed by atoms with Gasteiger partial charge in [-0.2, -0.15) is 5.10 Å². The highest BCUT2D eigenvalue weighted by Gasteiger charge is 2.15. The lowest BCUT2D eigenvalue weighted by atomic mass is 10.1. The van der Waals surface area contributed by atoms with Gasteiger partial charge in [0.15, 0.2) is 0 Å². The van der Waals surface area contributed by atoms with Crippen molar-refractivity contribution >= 4 is 22.6 Å². The lowest BCUT2D eigenvalue weighted by Gasteiger charge is -2.10. The van der Waals surface area contributed by atoms with Crippen molar-refractivity contribution in [3.8, 4) is 17.2 Å². The van der Waals surface area contributed by atoms with Gasteiger partial charge in [0.05, 0.1) is 19.0 Å². The first-order valence-electron chi connectivity index (χ1n) is 11.1. The number of hydrogen-bond acceptors (Lipinski definition) is 7. The van der Waals surface area contributed by atoms with Gasteiger partial charge in [-0.3, -0.25) is 9.59 Å². The standard InChI is InChI=1S/C27H22N4O5/c1-17-26(25(32)23-12-11-22(34-2)13-24(23)35-17)36-21-9-5-19(6-10-21)27(33)30-20-7-3-18(4-8-20)14-31-16-28-15-29-31/h3-13,15-16H,14H2,1-2H3,(H,30,33). The van der Waals surface area contributed by atoms with Crippen molar-refractivity contribution < 1.29 is 18.7 Å². The van der Waals surface area contributed by atoms with Gasteiger partial charge in [0, 0.05) is 17.3 Å². The predicted molar refractivity (Wildman–Crippen MR) is 134 cm³/mol. The van der Waals surface area contributed by atoms with Crippen LogP contribution in [0, 0.1) is 6.92 Å². The Hall–Kier alpha value is -4.92. The van der Waals surface area contributed by atoms with Crippen LogP contribution in [0.25, 0.3) is 11.0 Å². The maximum absolute atomic E-state index is 12.9. The van der Waals surface area contributed by atoms with Gasteiger partial charge in [-0.05, 0) is 61.0 Å². The number of nitrogens with zero attached hydrogens (tertiary/aromatic N) is 3. The smallest absolute Gasteiger partial charge is 0.255 e. The van der Waals surface area contributed by atoms with Crippen LogP contribution in [0.4, 0.5) is 5.69 Å². The summed E-state index contributed by atoms with van der Waals surface area (Å²) in [6, 6.07) is 19.0. The quantitative estimate of drug-likeness (QED) is 0.355. The van der Waals surface area contributed by atoms with Crippen LogP contribution in [0.15, 0.2) is 88.6 Å². The van der Waals surface area contributed by atoms with Crippen LogP contribution in [0.5, 0.6) is 17.2 Å². The average molecular weight is 482 g/mol. The molecule has 2 heterocycles. The molecule has 0 bridgehead atoms. The lowest BCUT2D eigenvalue weighted by molar-refractivity contribution is 0.102. The van der Waals surface area contributed by atoms with Gasteiger partial charge in [-0.15, -0.1) is 0 Å². The largest absolute Gasteiger partial charge is 0.497 e. The zero-order chi connectivity index (χ0) is 25.1. The zero-order valence-corrected chi connectivity index (χ0v) is 19.6. The Labute approximate surface area is 205 Å². The summed E-state index contributed by atoms with van der Waals surface area (Å²) in [7, 11) is 1.55. The number of benzene rings is 3. The number of fused-ring (bicyclic) bond motifs is 1. The Balaban J connectivity index is 1.27. The van der Waals surface area contributed by atoms with Crippen molar-refractivity contribution in [1.82, 2.24) is 14.8 Å². The van der Waals surface area contributed by atoms with Gasteiger partial charge >= 0.3 is 0 Å². The van der Waals surface area contributed by atoms with Gasteiger partial charge in [-0.25, -0.2) is 9.67 Å². The molecule has 0 aliphatic rings. The molecule has 0 unspecified atom stereocenters. The topological polar surface area (TPSA) is 108 Å². The summed E-state index contributed by atoms with van der Waals surface area (Å²) in [5.41, 5.74) is 2.29. The first-order valence-corrected chi connectivity index (χ1v) is 11.1. The van der Waals surface area contributed by atoms with Crippen molar-refractivity contribution in [2.24, 2.45) is 0 Å². The van der Waals surface area contributed by atoms with Crippen molar-refractivity contribution in [3.63, 3.8) is 0 Å². The van der Waals surface area contributed by atoms with Crippen LogP contribution in [0.2, 0.25) is 0 Å². The average Bonchev–Trinajstić information content (AvgIpc) is 3.41. The van der Waals surface area contributed by atoms with Crippen LogP contribution in [-0.2, 0) is 6.54 Å². The van der Waals surface area contributed by atoms with E-state index in [0.29, 0.717) is 46.0 Å². The molecule has 0 spiro atoms. The molecular formula is C27H22N4O5. The van der Waals surface area contributed by atoms with Gasteiger partial charge in [0.2, 0.25) is 11.2 Å². The Morgan fingerprint density at radius 2 is 1.78 bits per heavy atom. The van der Waals surface area contributed by atoms with Crippen LogP contribution in [0.1, 0.15) is 21.7 Å². The third-order valence-corrected chi connectivity index (χ3v) is 5.58. The van der Waals surface area contributed by atoms with Gasteiger partial charge < -0.3 is 19.2 Å². The molecule has 3 aromatic carbocycles. The summed E-state index contributed by atoms with van der Waals surface area (Å²) in [6.45, 7) is 2.26. The molecule has 0 saturated carbocycles. The van der Waals surface area contributed by atoms with E-state index in [1.54, 1.807) is 67.5 Å². The normalized spacial score (nSPS) is 10.8. The summed E-state index contributed by atoms with van der Waals surface area (Å²) < 4.78 is 18.5. The monoisotopic (exact) mass is 482 g/mol. The second kappa shape index (κ2) is 9.75. The molecule has 9 nitrogen and oxygen atoms in total. The molecular weight excluding hydrogens is 460 g/mol. The highest BCUT2D eigenvalue weighted by Crippen LogP contribution is 2.27. The number of carbonyl (C=O) groups excluding carboxylic acids is 1. The number of anilines is 1. The molecule has 0 fully saturated rings. The lowest BCUT2D eigenvalue weighted by Crippen LogP contribution is -2.12. The van der Waals surface area contributed by atoms with Gasteiger partial charge in [-0.1, -0.05) is 12.1 Å². The minimum absolute atomic E-state index is 0.0934. The Morgan fingerprint density at radius 1 is 1.03 bits per heavy atom. The molecule has 9 heteroatoms. The molecule has 0 aliphatic heterocycles. The SMILES string of the molecule is COc1ccc2c(=O)c(Oc3ccc(C(=O)Nc4ccc(Cn5cncn5)cc4)cc3)c(C)oc2c1. The second-order valence-electron chi connectivity index (χ2n) is 8.05. The van der Waals surface area contributed by atoms with Crippen LogP contribution < -0.4 is 20.2 Å². The van der Waals surface area contributed by atoms with Crippen LogP contribution >= 0.6 is 0 Å². The summed E-state index contributed by atoms with van der Waals surface area (Å²) in [5.74, 6) is 1.18. The van der Waals surface area contributed by atoms with E-state index in [9.17, 15) is 9.59 Å². The van der Waals surface area contributed by atoms with Crippen molar-refractivity contribution in [2.75, 3.05) is 12.4 Å². The van der Waals surface area contributed by atoms with Crippen molar-refractivity contribution in [2.45, 2.75) is 13.5 Å². The molecule has 1 N–H and O–H groups in total. The number of carbonyl (C=O) groups is 1. The third kappa shape index (κ3) is 4.80. The van der Waals surface area contributed by atoms with Crippen molar-refractivity contribution in [1.29, 1.82) is 0 Å². The minimum atomic E-state index is -0.287. The molecule has 180 valence electrons. The van der Waals surface area contributed by atoms with E-state index in [1.807, 2.05) is 24.3 Å². The Kier molecular flexibility index (Phi) is 6.19. The fraction of sp³-hybridized carbons (Fsp3) is 0.111. The second-order valence-corrected chi connectivity index (χ2v) is 8.05. The maximum atomic E-state index is 12.9. The molecule has 0 aliphatic carbocycles. The number of methoxy groups -OCH3 is 1. The van der Waals surface area contributed by atoms with E-state index >= 15 is 0 Å². The van der Waals surface area contributed by atoms with Gasteiger partial charge in [0.1, 0.15) is 35.5 Å². The zero-order valence-electron chi connectivity index (χ0n) is 19.6. The van der Waals surface area contributed by atoms with E-state index < -0.39 is 0 Å². The van der Waals surface area contributed by atoms with E-state index in [2.05, 4.69) is 15.4 Å². The Bertz CT molecular complexity index is 1570.